The van der Waals surface area contributed by atoms with Crippen molar-refractivity contribution in [2.75, 3.05) is 5.32 Å². The molecular weight excluding hydrogens is 276 g/mol. The molecule has 21 heavy (non-hydrogen) atoms. The van der Waals surface area contributed by atoms with Crippen LogP contribution in [0.2, 0.25) is 0 Å². The molecule has 0 spiro atoms. The van der Waals surface area contributed by atoms with Crippen LogP contribution in [0, 0.1) is 6.92 Å². The average molecular weight is 290 g/mol. The topological polar surface area (TPSA) is 122 Å². The van der Waals surface area contributed by atoms with Crippen LogP contribution in [-0.2, 0) is 17.9 Å². The van der Waals surface area contributed by atoms with Gasteiger partial charge in [0.25, 0.3) is 0 Å². The van der Waals surface area contributed by atoms with E-state index in [9.17, 15) is 9.59 Å². The van der Waals surface area contributed by atoms with Crippen LogP contribution in [-0.4, -0.2) is 36.9 Å². The zero-order chi connectivity index (χ0) is 15.2. The van der Waals surface area contributed by atoms with Crippen molar-refractivity contribution >= 4 is 17.7 Å². The number of hydrogen-bond acceptors (Lipinski definition) is 5. The molecule has 3 N–H and O–H groups in total. The molecule has 0 atom stereocenters. The van der Waals surface area contributed by atoms with Crippen molar-refractivity contribution in [2.45, 2.75) is 20.0 Å². The van der Waals surface area contributed by atoms with Gasteiger partial charge in [-0.3, -0.25) is 9.48 Å². The predicted molar refractivity (Wildman–Crippen MR) is 72.5 cm³/mol. The van der Waals surface area contributed by atoms with Gasteiger partial charge in [0, 0.05) is 12.4 Å². The van der Waals surface area contributed by atoms with E-state index in [4.69, 9.17) is 5.11 Å². The number of urea groups is 1. The molecule has 0 bridgehead atoms. The smallest absolute Gasteiger partial charge is 0.325 e. The Morgan fingerprint density at radius 3 is 2.95 bits per heavy atom. The highest BCUT2D eigenvalue weighted by Gasteiger charge is 2.06. The van der Waals surface area contributed by atoms with Gasteiger partial charge in [0.1, 0.15) is 12.4 Å². The molecule has 2 heterocycles. The zero-order valence-electron chi connectivity index (χ0n) is 11.3. The first-order valence-electron chi connectivity index (χ1n) is 6.10. The fourth-order valence-corrected chi connectivity index (χ4v) is 1.60. The van der Waals surface area contributed by atoms with Crippen LogP contribution in [0.5, 0.6) is 0 Å². The van der Waals surface area contributed by atoms with E-state index in [1.54, 1.807) is 19.2 Å². The molecule has 9 nitrogen and oxygen atoms in total. The molecule has 2 amide bonds. The average Bonchev–Trinajstić information content (AvgIpc) is 2.83. The monoisotopic (exact) mass is 290 g/mol. The van der Waals surface area contributed by atoms with E-state index in [1.807, 2.05) is 0 Å². The molecule has 9 heteroatoms. The third kappa shape index (κ3) is 4.56. The number of hydrogen-bond donors (Lipinski definition) is 3. The molecule has 0 aliphatic carbocycles. The van der Waals surface area contributed by atoms with E-state index >= 15 is 0 Å². The van der Waals surface area contributed by atoms with Crippen LogP contribution < -0.4 is 10.6 Å². The van der Waals surface area contributed by atoms with E-state index < -0.39 is 12.0 Å². The minimum Gasteiger partial charge on any atom is -0.480 e. The standard InChI is InChI=1S/C12H14N6O3/c1-8-13-3-2-9(16-8)4-14-12(21)17-10-5-15-18(6-10)7-11(19)20/h2-3,5-6H,4,7H2,1H3,(H,19,20)(H2,14,17,21). The molecule has 0 saturated heterocycles. The number of nitrogens with one attached hydrogen (secondary N) is 2. The first-order valence-corrected chi connectivity index (χ1v) is 6.10. The Bertz CT molecular complexity index is 654. The van der Waals surface area contributed by atoms with Gasteiger partial charge in [0.05, 0.1) is 24.1 Å². The molecule has 0 aromatic carbocycles. The van der Waals surface area contributed by atoms with Gasteiger partial charge in [-0.1, -0.05) is 0 Å². The highest BCUT2D eigenvalue weighted by Crippen LogP contribution is 2.04. The van der Waals surface area contributed by atoms with Crippen molar-refractivity contribution in [1.29, 1.82) is 0 Å². The number of amides is 2. The largest absolute Gasteiger partial charge is 0.480 e. The van der Waals surface area contributed by atoms with Crippen LogP contribution in [0.3, 0.4) is 0 Å². The number of aryl methyl sites for hydroxylation is 1. The number of carbonyl (C=O) groups excluding carboxylic acids is 1. The van der Waals surface area contributed by atoms with Crippen molar-refractivity contribution in [1.82, 2.24) is 25.1 Å². The summed E-state index contributed by atoms with van der Waals surface area (Å²) in [5, 5.41) is 17.6. The Morgan fingerprint density at radius 2 is 2.24 bits per heavy atom. The first-order chi connectivity index (χ1) is 10.0. The lowest BCUT2D eigenvalue weighted by Crippen LogP contribution is -2.28. The maximum absolute atomic E-state index is 11.7. The second kappa shape index (κ2) is 6.46. The zero-order valence-corrected chi connectivity index (χ0v) is 11.3. The second-order valence-electron chi connectivity index (χ2n) is 4.22. The molecule has 0 aliphatic heterocycles. The minimum atomic E-state index is -1.01. The van der Waals surface area contributed by atoms with E-state index in [-0.39, 0.29) is 13.1 Å². The SMILES string of the molecule is Cc1nccc(CNC(=O)Nc2cnn(CC(=O)O)c2)n1. The molecular formula is C12H14N6O3. The van der Waals surface area contributed by atoms with Gasteiger partial charge in [-0.15, -0.1) is 0 Å². The Labute approximate surface area is 120 Å². The number of nitrogens with zero attached hydrogens (tertiary/aromatic N) is 4. The maximum Gasteiger partial charge on any atom is 0.325 e. The van der Waals surface area contributed by atoms with Gasteiger partial charge in [-0.25, -0.2) is 14.8 Å². The van der Waals surface area contributed by atoms with Crippen molar-refractivity contribution < 1.29 is 14.7 Å². The number of aliphatic carboxylic acids is 1. The third-order valence-corrected chi connectivity index (χ3v) is 2.45. The Kier molecular flexibility index (Phi) is 4.44. The van der Waals surface area contributed by atoms with Gasteiger partial charge >= 0.3 is 12.0 Å². The molecule has 0 radical (unpaired) electrons. The molecule has 110 valence electrons. The molecule has 2 aromatic rings. The highest BCUT2D eigenvalue weighted by atomic mass is 16.4. The highest BCUT2D eigenvalue weighted by molar-refractivity contribution is 5.88. The van der Waals surface area contributed by atoms with Crippen LogP contribution in [0.1, 0.15) is 11.5 Å². The number of carbonyl (C=O) groups is 2. The van der Waals surface area contributed by atoms with E-state index in [1.165, 1.54) is 17.1 Å². The summed E-state index contributed by atoms with van der Waals surface area (Å²) < 4.78 is 1.21. The summed E-state index contributed by atoms with van der Waals surface area (Å²) in [7, 11) is 0. The lowest BCUT2D eigenvalue weighted by molar-refractivity contribution is -0.137. The van der Waals surface area contributed by atoms with Crippen LogP contribution >= 0.6 is 0 Å². The lowest BCUT2D eigenvalue weighted by atomic mass is 10.4. The van der Waals surface area contributed by atoms with Gasteiger partial charge < -0.3 is 15.7 Å². The van der Waals surface area contributed by atoms with Gasteiger partial charge in [-0.05, 0) is 13.0 Å². The van der Waals surface area contributed by atoms with Crippen molar-refractivity contribution in [3.05, 3.63) is 36.2 Å². The summed E-state index contributed by atoms with van der Waals surface area (Å²) in [6.07, 6.45) is 4.42. The molecule has 2 rings (SSSR count). The number of carboxylic acid groups (broad SMARTS) is 1. The van der Waals surface area contributed by atoms with Crippen molar-refractivity contribution in [3.8, 4) is 0 Å². The van der Waals surface area contributed by atoms with E-state index in [2.05, 4.69) is 25.7 Å². The fraction of sp³-hybridized carbons (Fsp3) is 0.250. The molecule has 0 fully saturated rings. The molecule has 2 aromatic heterocycles. The Balaban J connectivity index is 1.84. The maximum atomic E-state index is 11.7. The Morgan fingerprint density at radius 1 is 1.43 bits per heavy atom. The summed E-state index contributed by atoms with van der Waals surface area (Å²) in [6.45, 7) is 1.77. The normalized spacial score (nSPS) is 10.1. The van der Waals surface area contributed by atoms with Crippen molar-refractivity contribution in [3.63, 3.8) is 0 Å². The second-order valence-corrected chi connectivity index (χ2v) is 4.22. The summed E-state index contributed by atoms with van der Waals surface area (Å²) >= 11 is 0. The summed E-state index contributed by atoms with van der Waals surface area (Å²) in [5.41, 5.74) is 1.10. The first kappa shape index (κ1) is 14.4. The predicted octanol–water partition coefficient (Wildman–Crippen LogP) is 0.388. The number of carboxylic acids is 1. The lowest BCUT2D eigenvalue weighted by Gasteiger charge is -2.05. The minimum absolute atomic E-state index is 0.260. The molecule has 0 unspecified atom stereocenters. The Hall–Kier alpha value is -2.97. The van der Waals surface area contributed by atoms with Crippen LogP contribution in [0.4, 0.5) is 10.5 Å². The van der Waals surface area contributed by atoms with E-state index in [0.29, 0.717) is 17.2 Å². The van der Waals surface area contributed by atoms with Gasteiger partial charge in [0.2, 0.25) is 0 Å². The number of aromatic nitrogens is 4. The van der Waals surface area contributed by atoms with Crippen LogP contribution in [0.25, 0.3) is 0 Å². The molecule has 0 aliphatic rings. The quantitative estimate of drug-likeness (QED) is 0.732. The molecule has 0 saturated carbocycles. The van der Waals surface area contributed by atoms with Gasteiger partial charge in [-0.2, -0.15) is 5.10 Å². The van der Waals surface area contributed by atoms with Crippen LogP contribution in [0.15, 0.2) is 24.7 Å². The fourth-order valence-electron chi connectivity index (χ4n) is 1.60. The summed E-state index contributed by atoms with van der Waals surface area (Å²) in [5.74, 6) is -0.377. The number of anilines is 1. The summed E-state index contributed by atoms with van der Waals surface area (Å²) in [6, 6.07) is 1.28. The third-order valence-electron chi connectivity index (χ3n) is 2.45. The summed E-state index contributed by atoms with van der Waals surface area (Å²) in [4.78, 5) is 30.3. The number of rotatable bonds is 5. The van der Waals surface area contributed by atoms with E-state index in [0.717, 1.165) is 0 Å². The van der Waals surface area contributed by atoms with Gasteiger partial charge in [0.15, 0.2) is 0 Å². The van der Waals surface area contributed by atoms with Crippen molar-refractivity contribution in [2.24, 2.45) is 0 Å².